The number of fused-ring (bicyclic) bond motifs is 5. The van der Waals surface area contributed by atoms with Gasteiger partial charge in [-0.2, -0.15) is 4.94 Å². The summed E-state index contributed by atoms with van der Waals surface area (Å²) in [5.41, 5.74) is -3.70. The molecule has 3 N–H and O–H groups in total. The van der Waals surface area contributed by atoms with Crippen molar-refractivity contribution < 1.29 is 44.0 Å². The molecule has 182 valence electrons. The van der Waals surface area contributed by atoms with Crippen LogP contribution in [0.15, 0.2) is 11.6 Å². The first kappa shape index (κ1) is 24.6. The van der Waals surface area contributed by atoms with Crippen molar-refractivity contribution in [3.63, 3.8) is 0 Å². The number of rotatable bonds is 5. The van der Waals surface area contributed by atoms with E-state index in [1.54, 1.807) is 13.8 Å². The second-order valence-corrected chi connectivity index (χ2v) is 11.4. The molecule has 33 heavy (non-hydrogen) atoms. The molecular formula is C23H28BrFO8. The Hall–Kier alpha value is -1.49. The summed E-state index contributed by atoms with van der Waals surface area (Å²) in [6.07, 6.45) is -0.972. The highest BCUT2D eigenvalue weighted by Crippen LogP contribution is 2.67. The van der Waals surface area contributed by atoms with Crippen LogP contribution in [0.1, 0.15) is 52.4 Å². The SMILES string of the molecule is C[C@]12C(=O)C(Br)C(=O)C=C1C(OF)C[C@@H]1[C@@H]2CC[C@@]2(C)[C@H]1CC[C@]2(O)C(=O)C(O)CC(=O)O. The first-order valence-corrected chi connectivity index (χ1v) is 12.1. The van der Waals surface area contributed by atoms with Crippen molar-refractivity contribution in [3.05, 3.63) is 11.6 Å². The third kappa shape index (κ3) is 3.24. The van der Waals surface area contributed by atoms with Gasteiger partial charge < -0.3 is 15.3 Å². The number of ketones is 3. The number of aliphatic hydroxyl groups is 2. The van der Waals surface area contributed by atoms with Crippen LogP contribution in [0.5, 0.6) is 0 Å². The van der Waals surface area contributed by atoms with E-state index in [0.29, 0.717) is 24.8 Å². The number of carboxylic acid groups (broad SMARTS) is 1. The number of carbonyl (C=O) groups excluding carboxylic acids is 3. The molecule has 3 unspecified atom stereocenters. The average Bonchev–Trinajstić information content (AvgIpc) is 3.04. The van der Waals surface area contributed by atoms with Gasteiger partial charge in [0, 0.05) is 5.41 Å². The zero-order valence-electron chi connectivity index (χ0n) is 18.4. The van der Waals surface area contributed by atoms with Crippen LogP contribution in [0, 0.1) is 28.6 Å². The molecule has 0 aliphatic heterocycles. The predicted octanol–water partition coefficient (Wildman–Crippen LogP) is 2.09. The van der Waals surface area contributed by atoms with E-state index < -0.39 is 57.4 Å². The highest BCUT2D eigenvalue weighted by atomic mass is 79.9. The summed E-state index contributed by atoms with van der Waals surface area (Å²) < 4.78 is 13.7. The van der Waals surface area contributed by atoms with Crippen LogP contribution in [-0.2, 0) is 24.1 Å². The van der Waals surface area contributed by atoms with Crippen LogP contribution < -0.4 is 0 Å². The average molecular weight is 531 g/mol. The number of carboxylic acids is 1. The lowest BCUT2D eigenvalue weighted by atomic mass is 9.45. The summed E-state index contributed by atoms with van der Waals surface area (Å²) in [5, 5.41) is 30.6. The van der Waals surface area contributed by atoms with Crippen molar-refractivity contribution in [3.8, 4) is 0 Å². The third-order valence-electron chi connectivity index (χ3n) is 9.24. The van der Waals surface area contributed by atoms with Crippen molar-refractivity contribution in [1.82, 2.24) is 0 Å². The summed E-state index contributed by atoms with van der Waals surface area (Å²) >= 11 is 3.18. The number of carbonyl (C=O) groups is 4. The lowest BCUT2D eigenvalue weighted by molar-refractivity contribution is -0.206. The van der Waals surface area contributed by atoms with Gasteiger partial charge in [-0.05, 0) is 73.0 Å². The quantitative estimate of drug-likeness (QED) is 0.362. The lowest BCUT2D eigenvalue weighted by Crippen LogP contribution is -2.62. The summed E-state index contributed by atoms with van der Waals surface area (Å²) in [6, 6.07) is 0. The smallest absolute Gasteiger partial charge is 0.306 e. The largest absolute Gasteiger partial charge is 0.481 e. The molecule has 0 aromatic heterocycles. The Labute approximate surface area is 198 Å². The maximum Gasteiger partial charge on any atom is 0.306 e. The molecule has 0 saturated heterocycles. The molecule has 0 spiro atoms. The molecule has 0 aromatic rings. The molecule has 0 bridgehead atoms. The van der Waals surface area contributed by atoms with Crippen molar-refractivity contribution in [2.45, 2.75) is 75.0 Å². The fourth-order valence-corrected chi connectivity index (χ4v) is 8.09. The molecule has 10 heteroatoms. The minimum absolute atomic E-state index is 0.0426. The zero-order chi connectivity index (χ0) is 24.5. The van der Waals surface area contributed by atoms with E-state index in [9.17, 15) is 33.9 Å². The van der Waals surface area contributed by atoms with Gasteiger partial charge in [0.1, 0.15) is 22.6 Å². The van der Waals surface area contributed by atoms with Crippen molar-refractivity contribution in [1.29, 1.82) is 0 Å². The Morgan fingerprint density at radius 1 is 1.24 bits per heavy atom. The number of aliphatic hydroxyl groups excluding tert-OH is 1. The Morgan fingerprint density at radius 3 is 2.48 bits per heavy atom. The van der Waals surface area contributed by atoms with Crippen molar-refractivity contribution in [2.24, 2.45) is 28.6 Å². The van der Waals surface area contributed by atoms with Gasteiger partial charge >= 0.3 is 5.97 Å². The molecular weight excluding hydrogens is 503 g/mol. The van der Waals surface area contributed by atoms with Gasteiger partial charge in [-0.15, -0.1) is 0 Å². The fourth-order valence-electron chi connectivity index (χ4n) is 7.48. The van der Waals surface area contributed by atoms with E-state index in [1.807, 2.05) is 0 Å². The lowest BCUT2D eigenvalue weighted by Gasteiger charge is -2.59. The van der Waals surface area contributed by atoms with E-state index in [2.05, 4.69) is 20.9 Å². The van der Waals surface area contributed by atoms with Crippen LogP contribution in [0.25, 0.3) is 0 Å². The molecule has 0 aromatic carbocycles. The summed E-state index contributed by atoms with van der Waals surface area (Å²) in [4.78, 5) is 52.9. The van der Waals surface area contributed by atoms with Crippen LogP contribution in [-0.4, -0.2) is 61.3 Å². The monoisotopic (exact) mass is 530 g/mol. The molecule has 4 aliphatic carbocycles. The summed E-state index contributed by atoms with van der Waals surface area (Å²) in [7, 11) is 0. The standard InChI is InChI=1S/C23H28BrFO8/c1-21-5-3-12-10(11(21)4-6-23(21,32)19(30)15(27)9-17(28)29)7-16(33-25)13-8-14(26)18(24)20(31)22(12,13)2/h8,10-12,15-16,18,27,32H,3-7,9H2,1-2H3,(H,28,29)/t10-,11-,12-,15?,16?,18?,21-,22+,23-/m0/s1. The highest BCUT2D eigenvalue weighted by molar-refractivity contribution is 9.10. The Balaban J connectivity index is 1.72. The van der Waals surface area contributed by atoms with E-state index in [4.69, 9.17) is 5.11 Å². The zero-order valence-corrected chi connectivity index (χ0v) is 20.0. The highest BCUT2D eigenvalue weighted by Gasteiger charge is 2.69. The second kappa shape index (κ2) is 8.03. The molecule has 9 atom stereocenters. The molecule has 0 amide bonds. The Morgan fingerprint density at radius 2 is 1.88 bits per heavy atom. The maximum atomic E-state index is 13.7. The van der Waals surface area contributed by atoms with E-state index in [-0.39, 0.29) is 36.4 Å². The molecule has 4 aliphatic rings. The first-order valence-electron chi connectivity index (χ1n) is 11.2. The van der Waals surface area contributed by atoms with Crippen molar-refractivity contribution in [2.75, 3.05) is 0 Å². The number of hydrogen-bond acceptors (Lipinski definition) is 7. The molecule has 3 fully saturated rings. The van der Waals surface area contributed by atoms with Crippen LogP contribution >= 0.6 is 15.9 Å². The molecule has 0 heterocycles. The van der Waals surface area contributed by atoms with Crippen LogP contribution in [0.4, 0.5) is 4.53 Å². The normalized spacial score (nSPS) is 45.5. The Bertz CT molecular complexity index is 951. The van der Waals surface area contributed by atoms with Crippen molar-refractivity contribution >= 4 is 39.2 Å². The minimum atomic E-state index is -1.93. The first-order chi connectivity index (χ1) is 15.3. The Kier molecular flexibility index (Phi) is 6.00. The maximum absolute atomic E-state index is 13.7. The van der Waals surface area contributed by atoms with Crippen LogP contribution in [0.3, 0.4) is 0 Å². The fraction of sp³-hybridized carbons (Fsp3) is 0.739. The van der Waals surface area contributed by atoms with Gasteiger partial charge in [0.05, 0.1) is 11.8 Å². The number of alkyl halides is 1. The van der Waals surface area contributed by atoms with Gasteiger partial charge in [0.15, 0.2) is 17.3 Å². The molecule has 8 nitrogen and oxygen atoms in total. The van der Waals surface area contributed by atoms with Gasteiger partial charge in [-0.3, -0.25) is 19.2 Å². The number of halogens is 2. The predicted molar refractivity (Wildman–Crippen MR) is 115 cm³/mol. The summed E-state index contributed by atoms with van der Waals surface area (Å²) in [6.45, 7) is 3.47. The van der Waals surface area contributed by atoms with E-state index in [1.165, 1.54) is 6.08 Å². The van der Waals surface area contributed by atoms with Crippen LogP contribution in [0.2, 0.25) is 0 Å². The topological polar surface area (TPSA) is 138 Å². The minimum Gasteiger partial charge on any atom is -0.481 e. The second-order valence-electron chi connectivity index (χ2n) is 10.5. The van der Waals surface area contributed by atoms with Gasteiger partial charge in [0.25, 0.3) is 0 Å². The van der Waals surface area contributed by atoms with Gasteiger partial charge in [-0.25, -0.2) is 0 Å². The number of hydrogen-bond donors (Lipinski definition) is 3. The molecule has 0 radical (unpaired) electrons. The van der Waals surface area contributed by atoms with Gasteiger partial charge in [0.2, 0.25) is 0 Å². The molecule has 3 saturated carbocycles. The van der Waals surface area contributed by atoms with E-state index >= 15 is 0 Å². The summed E-state index contributed by atoms with van der Waals surface area (Å²) in [5.74, 6) is -3.84. The third-order valence-corrected chi connectivity index (χ3v) is 10.1. The number of Topliss-reactive ketones (excluding diaryl/α,β-unsaturated/α-hetero) is 2. The van der Waals surface area contributed by atoms with E-state index in [0.717, 1.165) is 0 Å². The van der Waals surface area contributed by atoms with Gasteiger partial charge in [-0.1, -0.05) is 22.9 Å². The number of aliphatic carboxylic acids is 1. The molecule has 4 rings (SSSR count).